The Kier molecular flexibility index (Phi) is 6.93. The molecule has 0 N–H and O–H groups in total. The topological polar surface area (TPSA) is 135 Å². The highest BCUT2D eigenvalue weighted by atomic mass is 32.2. The number of non-ortho nitro benzene ring substituents is 1. The molecule has 3 rings (SSSR count). The van der Waals surface area contributed by atoms with Crippen LogP contribution in [0.25, 0.3) is 11.3 Å². The van der Waals surface area contributed by atoms with E-state index in [0.29, 0.717) is 5.56 Å². The Balaban J connectivity index is 2.66. The summed E-state index contributed by atoms with van der Waals surface area (Å²) in [5.41, 5.74) is -5.99. The Morgan fingerprint density at radius 1 is 0.972 bits per heavy atom. The average Bonchev–Trinajstić information content (AvgIpc) is 3.21. The van der Waals surface area contributed by atoms with Gasteiger partial charge < -0.3 is 9.47 Å². The van der Waals surface area contributed by atoms with Crippen molar-refractivity contribution in [2.75, 3.05) is 14.2 Å². The van der Waals surface area contributed by atoms with E-state index in [-0.39, 0.29) is 3.97 Å². The average molecular weight is 526 g/mol. The van der Waals surface area contributed by atoms with Gasteiger partial charge in [0.15, 0.2) is 5.69 Å². The van der Waals surface area contributed by atoms with Crippen LogP contribution in [0.1, 0.15) is 32.0 Å². The smallest absolute Gasteiger partial charge is 0.433 e. The number of rotatable bonds is 6. The number of ether oxygens (including phenoxy) is 2. The zero-order valence-corrected chi connectivity index (χ0v) is 19.6. The second-order valence-corrected chi connectivity index (χ2v) is 9.10. The van der Waals surface area contributed by atoms with Gasteiger partial charge in [-0.2, -0.15) is 13.2 Å². The van der Waals surface area contributed by atoms with Crippen LogP contribution in [-0.2, 0) is 25.7 Å². The molecule has 0 aliphatic rings. The predicted octanol–water partition coefficient (Wildman–Crippen LogP) is 4.20. The summed E-state index contributed by atoms with van der Waals surface area (Å²) in [5.74, 6) is -3.17. The van der Waals surface area contributed by atoms with Gasteiger partial charge in [0.25, 0.3) is 15.7 Å². The Hall–Kier alpha value is -4.20. The fourth-order valence-electron chi connectivity index (χ4n) is 3.49. The Labute approximate surface area is 202 Å². The number of aromatic nitrogens is 1. The van der Waals surface area contributed by atoms with Gasteiger partial charge in [0.1, 0.15) is 11.1 Å². The Morgan fingerprint density at radius 2 is 1.53 bits per heavy atom. The van der Waals surface area contributed by atoms with E-state index in [1.807, 2.05) is 0 Å². The number of hydrogen-bond acceptors (Lipinski definition) is 8. The summed E-state index contributed by atoms with van der Waals surface area (Å²) >= 11 is 0. The molecule has 0 spiro atoms. The summed E-state index contributed by atoms with van der Waals surface area (Å²) < 4.78 is 79.4. The molecule has 14 heteroatoms. The first-order valence-electron chi connectivity index (χ1n) is 9.85. The number of nitro groups is 1. The lowest BCUT2D eigenvalue weighted by molar-refractivity contribution is -0.384. The number of nitrogens with zero attached hydrogens (tertiary/aromatic N) is 2. The summed E-state index contributed by atoms with van der Waals surface area (Å²) in [5, 5.41) is 11.3. The van der Waals surface area contributed by atoms with Crippen molar-refractivity contribution in [3.8, 4) is 11.3 Å². The molecule has 0 radical (unpaired) electrons. The van der Waals surface area contributed by atoms with Gasteiger partial charge in [-0.3, -0.25) is 10.1 Å². The van der Waals surface area contributed by atoms with Gasteiger partial charge in [-0.25, -0.2) is 22.0 Å². The van der Waals surface area contributed by atoms with Crippen LogP contribution in [0.3, 0.4) is 0 Å². The lowest BCUT2D eigenvalue weighted by atomic mass is 10.0. The first-order valence-corrected chi connectivity index (χ1v) is 11.3. The molecule has 0 bridgehead atoms. The molecule has 0 atom stereocenters. The molecule has 0 saturated heterocycles. The van der Waals surface area contributed by atoms with Crippen LogP contribution in [0, 0.1) is 17.0 Å². The first-order chi connectivity index (χ1) is 16.7. The van der Waals surface area contributed by atoms with Crippen molar-refractivity contribution in [3.63, 3.8) is 0 Å². The van der Waals surface area contributed by atoms with E-state index in [0.717, 1.165) is 50.6 Å². The standard InChI is InChI=1S/C22H17F3N2O8S/c1-12-7-9-15(10-8-12)36(32,33)26-18(13-5-4-6-14(11-13)27(30)31)16(20(28)34-2)17(21(29)35-3)19(26)22(23,24)25/h4-11H,1-3H3. The maximum Gasteiger partial charge on any atom is 0.433 e. The van der Waals surface area contributed by atoms with Gasteiger partial charge in [-0.05, 0) is 19.1 Å². The lowest BCUT2D eigenvalue weighted by Crippen LogP contribution is -2.24. The van der Waals surface area contributed by atoms with E-state index < -0.39 is 71.7 Å². The number of hydrogen-bond donors (Lipinski definition) is 0. The largest absolute Gasteiger partial charge is 0.465 e. The number of carbonyl (C=O) groups excluding carboxylic acids is 2. The van der Waals surface area contributed by atoms with Gasteiger partial charge in [0, 0.05) is 17.7 Å². The Bertz CT molecular complexity index is 1480. The number of alkyl halides is 3. The Morgan fingerprint density at radius 3 is 2.03 bits per heavy atom. The molecule has 0 fully saturated rings. The molecular weight excluding hydrogens is 509 g/mol. The van der Waals surface area contributed by atoms with E-state index in [1.54, 1.807) is 6.92 Å². The summed E-state index contributed by atoms with van der Waals surface area (Å²) in [6, 6.07) is 8.65. The van der Waals surface area contributed by atoms with Crippen molar-refractivity contribution in [1.29, 1.82) is 0 Å². The molecule has 36 heavy (non-hydrogen) atoms. The summed E-state index contributed by atoms with van der Waals surface area (Å²) in [4.78, 5) is 35.1. The molecule has 0 amide bonds. The van der Waals surface area contributed by atoms with Crippen LogP contribution < -0.4 is 0 Å². The fraction of sp³-hybridized carbons (Fsp3) is 0.182. The SMILES string of the molecule is COC(=O)c1c(C(=O)OC)c(C(F)(F)F)n(S(=O)(=O)c2ccc(C)cc2)c1-c1cccc([N+](=O)[O-])c1. The molecule has 1 aromatic heterocycles. The van der Waals surface area contributed by atoms with E-state index >= 15 is 0 Å². The number of esters is 2. The van der Waals surface area contributed by atoms with Crippen molar-refractivity contribution in [2.24, 2.45) is 0 Å². The van der Waals surface area contributed by atoms with Crippen molar-refractivity contribution in [3.05, 3.63) is 81.0 Å². The minimum atomic E-state index is -5.51. The molecule has 2 aromatic carbocycles. The highest BCUT2D eigenvalue weighted by Gasteiger charge is 2.48. The molecule has 190 valence electrons. The van der Waals surface area contributed by atoms with E-state index in [1.165, 1.54) is 12.1 Å². The van der Waals surface area contributed by atoms with Crippen LogP contribution >= 0.6 is 0 Å². The van der Waals surface area contributed by atoms with Crippen molar-refractivity contribution in [1.82, 2.24) is 3.97 Å². The third-order valence-corrected chi connectivity index (χ3v) is 6.78. The lowest BCUT2D eigenvalue weighted by Gasteiger charge is -2.17. The van der Waals surface area contributed by atoms with Crippen molar-refractivity contribution in [2.45, 2.75) is 18.0 Å². The molecule has 3 aromatic rings. The van der Waals surface area contributed by atoms with Crippen molar-refractivity contribution >= 4 is 27.6 Å². The van der Waals surface area contributed by atoms with Gasteiger partial charge in [-0.15, -0.1) is 0 Å². The highest BCUT2D eigenvalue weighted by Crippen LogP contribution is 2.44. The zero-order chi connectivity index (χ0) is 27.0. The molecule has 0 saturated carbocycles. The van der Waals surface area contributed by atoms with Gasteiger partial charge in [0.05, 0.1) is 29.7 Å². The minimum Gasteiger partial charge on any atom is -0.465 e. The number of carbonyl (C=O) groups is 2. The van der Waals surface area contributed by atoms with Crippen LogP contribution in [0.2, 0.25) is 0 Å². The fourth-order valence-corrected chi connectivity index (χ4v) is 5.06. The van der Waals surface area contributed by atoms with Gasteiger partial charge >= 0.3 is 18.1 Å². The van der Waals surface area contributed by atoms with Crippen molar-refractivity contribution < 1.29 is 45.6 Å². The second kappa shape index (κ2) is 9.45. The summed E-state index contributed by atoms with van der Waals surface area (Å²) in [7, 11) is -3.61. The molecule has 0 aliphatic carbocycles. The molecule has 0 unspecified atom stereocenters. The number of nitro benzene ring substituents is 1. The van der Waals surface area contributed by atoms with Crippen LogP contribution in [-0.4, -0.2) is 43.5 Å². The highest BCUT2D eigenvalue weighted by molar-refractivity contribution is 7.90. The number of aryl methyl sites for hydroxylation is 1. The zero-order valence-electron chi connectivity index (χ0n) is 18.8. The maximum absolute atomic E-state index is 14.4. The molecule has 0 aliphatic heterocycles. The van der Waals surface area contributed by atoms with E-state index in [4.69, 9.17) is 0 Å². The number of halogens is 3. The van der Waals surface area contributed by atoms with Gasteiger partial charge in [-0.1, -0.05) is 29.8 Å². The van der Waals surface area contributed by atoms with E-state index in [9.17, 15) is 41.3 Å². The third kappa shape index (κ3) is 4.54. The van der Waals surface area contributed by atoms with E-state index in [2.05, 4.69) is 9.47 Å². The quantitative estimate of drug-likeness (QED) is 0.265. The minimum absolute atomic E-state index is 0.227. The molecule has 1 heterocycles. The number of benzene rings is 2. The first kappa shape index (κ1) is 26.4. The normalized spacial score (nSPS) is 11.7. The predicted molar refractivity (Wildman–Crippen MR) is 118 cm³/mol. The van der Waals surface area contributed by atoms with Crippen LogP contribution in [0.5, 0.6) is 0 Å². The third-order valence-electron chi connectivity index (χ3n) is 5.07. The number of methoxy groups -OCH3 is 2. The van der Waals surface area contributed by atoms with Crippen LogP contribution in [0.15, 0.2) is 53.4 Å². The molecular formula is C22H17F3N2O8S. The summed E-state index contributed by atoms with van der Waals surface area (Å²) in [6.45, 7) is 1.62. The van der Waals surface area contributed by atoms with Gasteiger partial charge in [0.2, 0.25) is 0 Å². The monoisotopic (exact) mass is 526 g/mol. The van der Waals surface area contributed by atoms with Crippen LogP contribution in [0.4, 0.5) is 18.9 Å². The summed E-state index contributed by atoms with van der Waals surface area (Å²) in [6.07, 6.45) is -5.51. The second-order valence-electron chi connectivity index (χ2n) is 7.32. The maximum atomic E-state index is 14.4. The molecule has 10 nitrogen and oxygen atoms in total.